The summed E-state index contributed by atoms with van der Waals surface area (Å²) in [5.74, 6) is 1.60. The van der Waals surface area contributed by atoms with Crippen molar-refractivity contribution in [2.45, 2.75) is 39.7 Å². The summed E-state index contributed by atoms with van der Waals surface area (Å²) < 4.78 is 5.83. The summed E-state index contributed by atoms with van der Waals surface area (Å²) in [7, 11) is 0. The molecule has 0 saturated carbocycles. The van der Waals surface area contributed by atoms with Crippen LogP contribution >= 0.6 is 0 Å². The molecule has 1 aliphatic rings. The minimum absolute atomic E-state index is 0.387. The zero-order valence-electron chi connectivity index (χ0n) is 13.1. The lowest BCUT2D eigenvalue weighted by molar-refractivity contribution is 0.154. The van der Waals surface area contributed by atoms with E-state index in [1.807, 2.05) is 0 Å². The van der Waals surface area contributed by atoms with Gasteiger partial charge in [-0.05, 0) is 62.4 Å². The number of aryl methyl sites for hydroxylation is 2. The van der Waals surface area contributed by atoms with Crippen molar-refractivity contribution >= 4 is 0 Å². The van der Waals surface area contributed by atoms with E-state index in [2.05, 4.69) is 43.9 Å². The third kappa shape index (κ3) is 4.22. The average molecular weight is 276 g/mol. The van der Waals surface area contributed by atoms with E-state index in [0.29, 0.717) is 12.0 Å². The van der Waals surface area contributed by atoms with E-state index in [4.69, 9.17) is 10.5 Å². The van der Waals surface area contributed by atoms with Crippen molar-refractivity contribution in [3.63, 3.8) is 0 Å². The number of nitrogens with zero attached hydrogens (tertiary/aromatic N) is 1. The summed E-state index contributed by atoms with van der Waals surface area (Å²) in [5.41, 5.74) is 8.65. The molecule has 3 heteroatoms. The van der Waals surface area contributed by atoms with Gasteiger partial charge in [-0.3, -0.25) is 0 Å². The molecule has 1 saturated heterocycles. The first kappa shape index (κ1) is 15.3. The van der Waals surface area contributed by atoms with Gasteiger partial charge < -0.3 is 15.4 Å². The Morgan fingerprint density at radius 1 is 1.30 bits per heavy atom. The maximum absolute atomic E-state index is 6.05. The fourth-order valence-electron chi connectivity index (χ4n) is 2.74. The zero-order valence-corrected chi connectivity index (χ0v) is 13.1. The number of benzene rings is 1. The van der Waals surface area contributed by atoms with Crippen LogP contribution in [0.1, 0.15) is 30.9 Å². The largest absolute Gasteiger partial charge is 0.494 e. The minimum atomic E-state index is 0.387. The summed E-state index contributed by atoms with van der Waals surface area (Å²) in [6.07, 6.45) is 2.20. The Bertz CT molecular complexity index is 433. The summed E-state index contributed by atoms with van der Waals surface area (Å²) in [6, 6.07) is 6.69. The summed E-state index contributed by atoms with van der Waals surface area (Å²) >= 11 is 0. The molecule has 0 spiro atoms. The number of nitrogens with two attached hydrogens (primary N) is 1. The van der Waals surface area contributed by atoms with Crippen molar-refractivity contribution in [1.29, 1.82) is 0 Å². The Labute approximate surface area is 123 Å². The van der Waals surface area contributed by atoms with Crippen LogP contribution in [0.3, 0.4) is 0 Å². The minimum Gasteiger partial charge on any atom is -0.494 e. The summed E-state index contributed by atoms with van der Waals surface area (Å²) in [4.78, 5) is 2.51. The number of rotatable bonds is 5. The van der Waals surface area contributed by atoms with E-state index < -0.39 is 0 Å². The van der Waals surface area contributed by atoms with Crippen LogP contribution in [-0.2, 0) is 0 Å². The monoisotopic (exact) mass is 276 g/mol. The van der Waals surface area contributed by atoms with Crippen LogP contribution in [0.2, 0.25) is 0 Å². The lowest BCUT2D eigenvalue weighted by atomic mass is 9.95. The first-order valence-electron chi connectivity index (χ1n) is 7.74. The predicted molar refractivity (Wildman–Crippen MR) is 84.2 cm³/mol. The molecule has 2 unspecified atom stereocenters. The molecule has 0 bridgehead atoms. The Balaban J connectivity index is 1.67. The quantitative estimate of drug-likeness (QED) is 0.840. The molecule has 1 aromatic carbocycles. The van der Waals surface area contributed by atoms with Crippen molar-refractivity contribution in [3.8, 4) is 5.75 Å². The van der Waals surface area contributed by atoms with Gasteiger partial charge in [-0.15, -0.1) is 0 Å². The number of ether oxygens (including phenoxy) is 1. The molecule has 1 fully saturated rings. The molecule has 2 N–H and O–H groups in total. The second-order valence-corrected chi connectivity index (χ2v) is 6.18. The Kier molecular flexibility index (Phi) is 5.44. The van der Waals surface area contributed by atoms with Gasteiger partial charge in [-0.1, -0.05) is 13.0 Å². The summed E-state index contributed by atoms with van der Waals surface area (Å²) in [6.45, 7) is 10.7. The van der Waals surface area contributed by atoms with E-state index >= 15 is 0 Å². The molecular weight excluding hydrogens is 248 g/mol. The second kappa shape index (κ2) is 7.09. The lowest BCUT2D eigenvalue weighted by Gasteiger charge is -2.35. The van der Waals surface area contributed by atoms with E-state index in [1.165, 1.54) is 11.1 Å². The standard InChI is InChI=1S/C17H28N2O/c1-13-5-6-16(11-14(13)2)20-10-4-8-19-9-7-17(18)15(3)12-19/h5-6,11,15,17H,4,7-10,12,18H2,1-3H3. The fourth-order valence-corrected chi connectivity index (χ4v) is 2.74. The van der Waals surface area contributed by atoms with Crippen LogP contribution in [0.15, 0.2) is 18.2 Å². The lowest BCUT2D eigenvalue weighted by Crippen LogP contribution is -2.46. The first-order chi connectivity index (χ1) is 9.56. The van der Waals surface area contributed by atoms with Crippen molar-refractivity contribution in [2.75, 3.05) is 26.2 Å². The van der Waals surface area contributed by atoms with Gasteiger partial charge in [0, 0.05) is 19.1 Å². The topological polar surface area (TPSA) is 38.5 Å². The van der Waals surface area contributed by atoms with Gasteiger partial charge in [-0.2, -0.15) is 0 Å². The van der Waals surface area contributed by atoms with Gasteiger partial charge in [0.2, 0.25) is 0 Å². The Morgan fingerprint density at radius 2 is 2.10 bits per heavy atom. The van der Waals surface area contributed by atoms with Crippen LogP contribution < -0.4 is 10.5 Å². The number of hydrogen-bond acceptors (Lipinski definition) is 3. The van der Waals surface area contributed by atoms with Crippen molar-refractivity contribution in [2.24, 2.45) is 11.7 Å². The van der Waals surface area contributed by atoms with Crippen molar-refractivity contribution in [1.82, 2.24) is 4.90 Å². The Morgan fingerprint density at radius 3 is 2.80 bits per heavy atom. The van der Waals surface area contributed by atoms with Gasteiger partial charge in [0.05, 0.1) is 6.61 Å². The highest BCUT2D eigenvalue weighted by molar-refractivity contribution is 5.33. The third-order valence-electron chi connectivity index (χ3n) is 4.42. The van der Waals surface area contributed by atoms with Crippen molar-refractivity contribution in [3.05, 3.63) is 29.3 Å². The maximum Gasteiger partial charge on any atom is 0.119 e. The van der Waals surface area contributed by atoms with Crippen LogP contribution in [0.5, 0.6) is 5.75 Å². The van der Waals surface area contributed by atoms with Gasteiger partial charge >= 0.3 is 0 Å². The van der Waals surface area contributed by atoms with Crippen LogP contribution in [-0.4, -0.2) is 37.2 Å². The Hall–Kier alpha value is -1.06. The smallest absolute Gasteiger partial charge is 0.119 e. The highest BCUT2D eigenvalue weighted by Crippen LogP contribution is 2.17. The third-order valence-corrected chi connectivity index (χ3v) is 4.42. The highest BCUT2D eigenvalue weighted by atomic mass is 16.5. The van der Waals surface area contributed by atoms with E-state index in [9.17, 15) is 0 Å². The summed E-state index contributed by atoms with van der Waals surface area (Å²) in [5, 5.41) is 0. The molecule has 2 rings (SSSR count). The normalized spacial score (nSPS) is 23.8. The number of likely N-dealkylation sites (tertiary alicyclic amines) is 1. The van der Waals surface area contributed by atoms with Crippen LogP contribution in [0.4, 0.5) is 0 Å². The molecule has 0 amide bonds. The first-order valence-corrected chi connectivity index (χ1v) is 7.74. The predicted octanol–water partition coefficient (Wildman–Crippen LogP) is 2.74. The maximum atomic E-state index is 6.05. The molecule has 20 heavy (non-hydrogen) atoms. The fraction of sp³-hybridized carbons (Fsp3) is 0.647. The van der Waals surface area contributed by atoms with Gasteiger partial charge in [0.15, 0.2) is 0 Å². The molecule has 1 aromatic rings. The molecule has 1 heterocycles. The van der Waals surface area contributed by atoms with E-state index in [-0.39, 0.29) is 0 Å². The van der Waals surface area contributed by atoms with Crippen LogP contribution in [0, 0.1) is 19.8 Å². The number of piperidine rings is 1. The number of hydrogen-bond donors (Lipinski definition) is 1. The molecular formula is C17H28N2O. The van der Waals surface area contributed by atoms with Gasteiger partial charge in [-0.25, -0.2) is 0 Å². The molecule has 1 aliphatic heterocycles. The molecule has 2 atom stereocenters. The molecule has 0 aromatic heterocycles. The van der Waals surface area contributed by atoms with E-state index in [0.717, 1.165) is 44.8 Å². The molecule has 3 nitrogen and oxygen atoms in total. The average Bonchev–Trinajstić information content (AvgIpc) is 2.42. The van der Waals surface area contributed by atoms with Crippen molar-refractivity contribution < 1.29 is 4.74 Å². The molecule has 112 valence electrons. The second-order valence-electron chi connectivity index (χ2n) is 6.18. The highest BCUT2D eigenvalue weighted by Gasteiger charge is 2.22. The zero-order chi connectivity index (χ0) is 14.5. The van der Waals surface area contributed by atoms with Crippen LogP contribution in [0.25, 0.3) is 0 Å². The van der Waals surface area contributed by atoms with E-state index in [1.54, 1.807) is 0 Å². The molecule has 0 radical (unpaired) electrons. The van der Waals surface area contributed by atoms with Gasteiger partial charge in [0.1, 0.15) is 5.75 Å². The SMILES string of the molecule is Cc1ccc(OCCCN2CCC(N)C(C)C2)cc1C. The molecule has 0 aliphatic carbocycles. The van der Waals surface area contributed by atoms with Gasteiger partial charge in [0.25, 0.3) is 0 Å².